The molecule has 0 aliphatic carbocycles. The van der Waals surface area contributed by atoms with Gasteiger partial charge in [0, 0.05) is 0 Å². The van der Waals surface area contributed by atoms with E-state index in [1.54, 1.807) is 13.8 Å². The third-order valence-electron chi connectivity index (χ3n) is 3.26. The Morgan fingerprint density at radius 3 is 1.59 bits per heavy atom. The fraction of sp³-hybridized carbons (Fsp3) is 0.917. The fourth-order valence-corrected chi connectivity index (χ4v) is 1.94. The number of carbonyl (C=O) groups is 1. The Hall–Kier alpha value is -0.650. The van der Waals surface area contributed by atoms with Crippen LogP contribution in [0.3, 0.4) is 0 Å². The maximum atomic E-state index is 11.5. The lowest BCUT2D eigenvalue weighted by Gasteiger charge is -2.42. The first-order valence-corrected chi connectivity index (χ1v) is 5.50. The maximum Gasteiger partial charge on any atom is 0.348 e. The third kappa shape index (κ3) is 5.48. The molecule has 0 spiro atoms. The standard InChI is InChI=1S/C12H24O3.H2O2/c1-10(2,3)8-11(4,5)12(6,7)9(13)15-14;1-2/h14H,8H2,1-7H3;1-2H. The molecule has 0 aromatic heterocycles. The molecule has 0 amide bonds. The Bertz CT molecular complexity index is 238. The van der Waals surface area contributed by atoms with Gasteiger partial charge in [0.2, 0.25) is 0 Å². The van der Waals surface area contributed by atoms with Gasteiger partial charge in [-0.15, -0.1) is 0 Å². The van der Waals surface area contributed by atoms with E-state index in [2.05, 4.69) is 25.7 Å². The zero-order valence-electron chi connectivity index (χ0n) is 11.9. The van der Waals surface area contributed by atoms with Gasteiger partial charge in [-0.2, -0.15) is 5.26 Å². The molecule has 5 heteroatoms. The zero-order valence-corrected chi connectivity index (χ0v) is 11.9. The van der Waals surface area contributed by atoms with E-state index in [1.807, 2.05) is 13.8 Å². The van der Waals surface area contributed by atoms with Gasteiger partial charge in [-0.1, -0.05) is 34.6 Å². The van der Waals surface area contributed by atoms with Gasteiger partial charge in [0.25, 0.3) is 0 Å². The van der Waals surface area contributed by atoms with Crippen molar-refractivity contribution in [3.8, 4) is 0 Å². The maximum absolute atomic E-state index is 11.5. The molecule has 0 rings (SSSR count). The smallest absolute Gasteiger partial charge is 0.300 e. The van der Waals surface area contributed by atoms with Crippen molar-refractivity contribution in [1.29, 1.82) is 0 Å². The lowest BCUT2D eigenvalue weighted by atomic mass is 9.61. The highest BCUT2D eigenvalue weighted by molar-refractivity contribution is 5.76. The molecule has 5 nitrogen and oxygen atoms in total. The molecule has 0 aromatic rings. The molecule has 104 valence electrons. The van der Waals surface area contributed by atoms with E-state index in [4.69, 9.17) is 15.8 Å². The second kappa shape index (κ2) is 6.33. The Morgan fingerprint density at radius 1 is 1.00 bits per heavy atom. The Labute approximate surface area is 103 Å². The molecular weight excluding hydrogens is 224 g/mol. The van der Waals surface area contributed by atoms with Crippen molar-refractivity contribution in [2.45, 2.75) is 54.9 Å². The summed E-state index contributed by atoms with van der Waals surface area (Å²) >= 11 is 0. The summed E-state index contributed by atoms with van der Waals surface area (Å²) < 4.78 is 0. The molecule has 3 N–H and O–H groups in total. The summed E-state index contributed by atoms with van der Waals surface area (Å²) in [6, 6.07) is 0. The molecule has 0 radical (unpaired) electrons. The molecule has 0 aromatic carbocycles. The van der Waals surface area contributed by atoms with E-state index in [1.165, 1.54) is 0 Å². The van der Waals surface area contributed by atoms with Crippen LogP contribution >= 0.6 is 0 Å². The number of hydrogen-bond acceptors (Lipinski definition) is 5. The van der Waals surface area contributed by atoms with Gasteiger partial charge in [0.1, 0.15) is 0 Å². The summed E-state index contributed by atoms with van der Waals surface area (Å²) in [5.74, 6) is -0.572. The van der Waals surface area contributed by atoms with Crippen LogP contribution in [0, 0.1) is 16.2 Å². The van der Waals surface area contributed by atoms with Crippen molar-refractivity contribution in [3.05, 3.63) is 0 Å². The van der Waals surface area contributed by atoms with Crippen LogP contribution in [0.25, 0.3) is 0 Å². The van der Waals surface area contributed by atoms with Crippen LogP contribution in [0.4, 0.5) is 0 Å². The lowest BCUT2D eigenvalue weighted by Crippen LogP contribution is -2.42. The quantitative estimate of drug-likeness (QED) is 0.527. The minimum atomic E-state index is -0.699. The van der Waals surface area contributed by atoms with Crippen molar-refractivity contribution in [3.63, 3.8) is 0 Å². The van der Waals surface area contributed by atoms with Crippen LogP contribution in [0.1, 0.15) is 54.9 Å². The van der Waals surface area contributed by atoms with Crippen LogP contribution in [0.5, 0.6) is 0 Å². The molecule has 0 aliphatic heterocycles. The van der Waals surface area contributed by atoms with E-state index in [0.29, 0.717) is 0 Å². The SMILES string of the molecule is CC(C)(C)CC(C)(C)C(C)(C)C(=O)OO.OO. The van der Waals surface area contributed by atoms with E-state index in [-0.39, 0.29) is 10.8 Å². The molecule has 0 saturated carbocycles. The predicted molar refractivity (Wildman–Crippen MR) is 65.6 cm³/mol. The van der Waals surface area contributed by atoms with Crippen LogP contribution in [0.2, 0.25) is 0 Å². The second-order valence-electron chi connectivity index (χ2n) is 6.63. The average molecular weight is 250 g/mol. The Balaban J connectivity index is 0. The van der Waals surface area contributed by atoms with Gasteiger partial charge in [-0.25, -0.2) is 4.79 Å². The molecule has 0 heterocycles. The van der Waals surface area contributed by atoms with E-state index >= 15 is 0 Å². The minimum absolute atomic E-state index is 0.135. The predicted octanol–water partition coefficient (Wildman–Crippen LogP) is 3.51. The Kier molecular flexibility index (Phi) is 6.96. The van der Waals surface area contributed by atoms with E-state index < -0.39 is 11.4 Å². The third-order valence-corrected chi connectivity index (χ3v) is 3.26. The summed E-state index contributed by atoms with van der Waals surface area (Å²) in [5, 5.41) is 20.5. The second-order valence-corrected chi connectivity index (χ2v) is 6.63. The molecule has 0 atom stereocenters. The lowest BCUT2D eigenvalue weighted by molar-refractivity contribution is -0.250. The van der Waals surface area contributed by atoms with Gasteiger partial charge in [0.15, 0.2) is 0 Å². The summed E-state index contributed by atoms with van der Waals surface area (Å²) in [6.45, 7) is 14.1. The average Bonchev–Trinajstić information content (AvgIpc) is 2.15. The molecule has 0 aliphatic rings. The van der Waals surface area contributed by atoms with Crippen molar-refractivity contribution in [2.75, 3.05) is 0 Å². The summed E-state index contributed by atoms with van der Waals surface area (Å²) in [5.41, 5.74) is -0.795. The Morgan fingerprint density at radius 2 is 1.35 bits per heavy atom. The summed E-state index contributed by atoms with van der Waals surface area (Å²) in [6.07, 6.45) is 0.877. The first-order valence-electron chi connectivity index (χ1n) is 5.50. The summed E-state index contributed by atoms with van der Waals surface area (Å²) in [4.78, 5) is 15.4. The first-order chi connectivity index (χ1) is 7.44. The van der Waals surface area contributed by atoms with E-state index in [9.17, 15) is 4.79 Å². The number of carbonyl (C=O) groups excluding carboxylic acids is 1. The van der Waals surface area contributed by atoms with E-state index in [0.717, 1.165) is 6.42 Å². The molecular formula is C12H26O5. The van der Waals surface area contributed by atoms with Crippen molar-refractivity contribution in [1.82, 2.24) is 0 Å². The van der Waals surface area contributed by atoms with Crippen LogP contribution in [-0.4, -0.2) is 21.7 Å². The molecule has 0 saturated heterocycles. The van der Waals surface area contributed by atoms with Crippen molar-refractivity contribution >= 4 is 5.97 Å². The van der Waals surface area contributed by atoms with Crippen molar-refractivity contribution in [2.24, 2.45) is 16.2 Å². The van der Waals surface area contributed by atoms with Gasteiger partial charge in [0.05, 0.1) is 5.41 Å². The molecule has 17 heavy (non-hydrogen) atoms. The van der Waals surface area contributed by atoms with Gasteiger partial charge >= 0.3 is 5.97 Å². The van der Waals surface area contributed by atoms with Gasteiger partial charge < -0.3 is 4.89 Å². The van der Waals surface area contributed by atoms with Gasteiger partial charge in [-0.05, 0) is 31.1 Å². The minimum Gasteiger partial charge on any atom is -0.300 e. The van der Waals surface area contributed by atoms with Crippen LogP contribution in [-0.2, 0) is 9.68 Å². The molecule has 0 bridgehead atoms. The highest BCUT2D eigenvalue weighted by atomic mass is 17.1. The van der Waals surface area contributed by atoms with Crippen molar-refractivity contribution < 1.29 is 25.5 Å². The molecule has 0 fully saturated rings. The normalized spacial score (nSPS) is 12.6. The van der Waals surface area contributed by atoms with Crippen LogP contribution < -0.4 is 0 Å². The number of hydrogen-bond donors (Lipinski definition) is 3. The largest absolute Gasteiger partial charge is 0.348 e. The number of rotatable bonds is 3. The van der Waals surface area contributed by atoms with Crippen LogP contribution in [0.15, 0.2) is 0 Å². The molecule has 0 unspecified atom stereocenters. The van der Waals surface area contributed by atoms with Gasteiger partial charge in [-0.3, -0.25) is 10.5 Å². The first kappa shape index (κ1) is 18.7. The zero-order chi connectivity index (χ0) is 14.5. The monoisotopic (exact) mass is 250 g/mol. The highest BCUT2D eigenvalue weighted by Crippen LogP contribution is 2.46. The fourth-order valence-electron chi connectivity index (χ4n) is 1.94. The highest BCUT2D eigenvalue weighted by Gasteiger charge is 2.46. The topological polar surface area (TPSA) is 87.0 Å². The summed E-state index contributed by atoms with van der Waals surface area (Å²) in [7, 11) is 0.